The van der Waals surface area contributed by atoms with Crippen LogP contribution in [0.3, 0.4) is 0 Å². The molecule has 1 fully saturated rings. The Morgan fingerprint density at radius 2 is 2.04 bits per heavy atom. The molecule has 23 heavy (non-hydrogen) atoms. The van der Waals surface area contributed by atoms with Gasteiger partial charge in [0.05, 0.1) is 10.6 Å². The van der Waals surface area contributed by atoms with Gasteiger partial charge in [-0.2, -0.15) is 0 Å². The van der Waals surface area contributed by atoms with Crippen LogP contribution >= 0.6 is 24.0 Å². The van der Waals surface area contributed by atoms with Gasteiger partial charge in [0.2, 0.25) is 0 Å². The Kier molecular flexibility index (Phi) is 4.41. The number of benzene rings is 1. The van der Waals surface area contributed by atoms with E-state index in [4.69, 9.17) is 16.6 Å². The smallest absolute Gasteiger partial charge is 0.270 e. The lowest BCUT2D eigenvalue weighted by atomic mass is 10.0. The molecular weight excluding hydrogens is 326 g/mol. The van der Waals surface area contributed by atoms with Crippen molar-refractivity contribution in [1.82, 2.24) is 0 Å². The average molecular weight is 343 g/mol. The Morgan fingerprint density at radius 1 is 1.26 bits per heavy atom. The second-order valence-electron chi connectivity index (χ2n) is 5.40. The van der Waals surface area contributed by atoms with E-state index in [1.54, 1.807) is 11.0 Å². The van der Waals surface area contributed by atoms with E-state index < -0.39 is 0 Å². The molecule has 3 rings (SSSR count). The summed E-state index contributed by atoms with van der Waals surface area (Å²) in [7, 11) is 0. The minimum absolute atomic E-state index is 0.0851. The summed E-state index contributed by atoms with van der Waals surface area (Å²) in [6.07, 6.45) is 2.61. The number of nitrogens with zero attached hydrogens (tertiary/aromatic N) is 1. The van der Waals surface area contributed by atoms with Crippen LogP contribution in [-0.4, -0.2) is 10.2 Å². The highest BCUT2D eigenvalue weighted by Gasteiger charge is 2.35. The maximum absolute atomic E-state index is 12.9. The van der Waals surface area contributed by atoms with Crippen molar-refractivity contribution in [3.05, 3.63) is 57.9 Å². The van der Waals surface area contributed by atoms with Crippen LogP contribution in [0.2, 0.25) is 0 Å². The first-order valence-corrected chi connectivity index (χ1v) is 8.66. The van der Waals surface area contributed by atoms with Crippen LogP contribution in [0.1, 0.15) is 29.6 Å². The minimum atomic E-state index is -0.0851. The van der Waals surface area contributed by atoms with Crippen LogP contribution in [-0.2, 0) is 11.2 Å². The first-order chi connectivity index (χ1) is 11.0. The van der Waals surface area contributed by atoms with Crippen molar-refractivity contribution in [2.45, 2.75) is 27.2 Å². The van der Waals surface area contributed by atoms with Gasteiger partial charge in [-0.05, 0) is 43.5 Å². The summed E-state index contributed by atoms with van der Waals surface area (Å²) >= 11 is 6.78. The number of thiocarbonyl (C=S) groups is 1. The number of anilines is 1. The lowest BCUT2D eigenvalue weighted by Crippen LogP contribution is -2.29. The fourth-order valence-electron chi connectivity index (χ4n) is 2.65. The molecule has 1 saturated heterocycles. The number of amides is 1. The summed E-state index contributed by atoms with van der Waals surface area (Å²) in [6.45, 7) is 5.97. The van der Waals surface area contributed by atoms with Crippen LogP contribution in [0.4, 0.5) is 5.69 Å². The first kappa shape index (κ1) is 16.0. The van der Waals surface area contributed by atoms with Gasteiger partial charge in [-0.3, -0.25) is 9.69 Å². The molecule has 1 amide bonds. The van der Waals surface area contributed by atoms with Gasteiger partial charge >= 0.3 is 0 Å². The van der Waals surface area contributed by atoms with Crippen molar-refractivity contribution in [1.29, 1.82) is 0 Å². The van der Waals surface area contributed by atoms with E-state index in [0.29, 0.717) is 15.0 Å². The maximum atomic E-state index is 12.9. The molecule has 0 atom stereocenters. The number of carbonyl (C=O) groups excluding carboxylic acids is 1. The van der Waals surface area contributed by atoms with Crippen molar-refractivity contribution in [2.75, 3.05) is 4.90 Å². The standard InChI is InChI=1S/C18H17NO2S2/c1-4-13-7-5-6-11(2)16(13)19-17(20)15(23-18(19)22)10-14-9-8-12(3)21-14/h5-10H,4H2,1-3H3/b15-10-. The van der Waals surface area contributed by atoms with Crippen LogP contribution in [0.15, 0.2) is 39.7 Å². The molecular formula is C18H17NO2S2. The Balaban J connectivity index is 2.01. The van der Waals surface area contributed by atoms with Crippen LogP contribution < -0.4 is 4.90 Å². The molecule has 118 valence electrons. The van der Waals surface area contributed by atoms with Gasteiger partial charge in [0, 0.05) is 6.08 Å². The van der Waals surface area contributed by atoms with Gasteiger partial charge in [-0.1, -0.05) is 49.1 Å². The van der Waals surface area contributed by atoms with Gasteiger partial charge in [0.15, 0.2) is 4.32 Å². The predicted octanol–water partition coefficient (Wildman–Crippen LogP) is 4.86. The highest BCUT2D eigenvalue weighted by molar-refractivity contribution is 8.27. The summed E-state index contributed by atoms with van der Waals surface area (Å²) in [5, 5.41) is 0. The van der Waals surface area contributed by atoms with Gasteiger partial charge in [0.1, 0.15) is 11.5 Å². The van der Waals surface area contributed by atoms with Crippen molar-refractivity contribution in [3.8, 4) is 0 Å². The molecule has 0 saturated carbocycles. The van der Waals surface area contributed by atoms with Crippen LogP contribution in [0, 0.1) is 13.8 Å². The van der Waals surface area contributed by atoms with E-state index in [-0.39, 0.29) is 5.91 Å². The minimum Gasteiger partial charge on any atom is -0.462 e. The van der Waals surface area contributed by atoms with Crippen molar-refractivity contribution >= 4 is 46.0 Å². The predicted molar refractivity (Wildman–Crippen MR) is 99.7 cm³/mol. The number of hydrogen-bond acceptors (Lipinski definition) is 4. The van der Waals surface area contributed by atoms with Gasteiger partial charge in [-0.15, -0.1) is 0 Å². The Bertz CT molecular complexity index is 820. The topological polar surface area (TPSA) is 33.5 Å². The summed E-state index contributed by atoms with van der Waals surface area (Å²) in [5.41, 5.74) is 3.09. The molecule has 5 heteroatoms. The quantitative estimate of drug-likeness (QED) is 0.588. The zero-order chi connectivity index (χ0) is 16.6. The molecule has 0 radical (unpaired) electrons. The van der Waals surface area contributed by atoms with Crippen molar-refractivity contribution in [3.63, 3.8) is 0 Å². The third kappa shape index (κ3) is 2.99. The molecule has 1 aromatic carbocycles. The molecule has 0 N–H and O–H groups in total. The zero-order valence-corrected chi connectivity index (χ0v) is 14.9. The lowest BCUT2D eigenvalue weighted by molar-refractivity contribution is -0.113. The van der Waals surface area contributed by atoms with Gasteiger partial charge in [0.25, 0.3) is 5.91 Å². The summed E-state index contributed by atoms with van der Waals surface area (Å²) in [6, 6.07) is 9.79. The molecule has 0 bridgehead atoms. The third-order valence-electron chi connectivity index (χ3n) is 3.75. The summed E-state index contributed by atoms with van der Waals surface area (Å²) in [5.74, 6) is 1.40. The van der Waals surface area contributed by atoms with E-state index >= 15 is 0 Å². The molecule has 0 spiro atoms. The number of thioether (sulfide) groups is 1. The molecule has 1 aliphatic heterocycles. The normalized spacial score (nSPS) is 16.7. The van der Waals surface area contributed by atoms with Crippen LogP contribution in [0.5, 0.6) is 0 Å². The molecule has 0 aliphatic carbocycles. The molecule has 2 aromatic rings. The second-order valence-corrected chi connectivity index (χ2v) is 7.08. The number of aryl methyl sites for hydroxylation is 3. The number of para-hydroxylation sites is 1. The lowest BCUT2D eigenvalue weighted by Gasteiger charge is -2.20. The zero-order valence-electron chi connectivity index (χ0n) is 13.3. The molecule has 0 unspecified atom stereocenters. The van der Waals surface area contributed by atoms with E-state index in [9.17, 15) is 4.79 Å². The van der Waals surface area contributed by atoms with E-state index in [0.717, 1.165) is 29.0 Å². The molecule has 1 aromatic heterocycles. The van der Waals surface area contributed by atoms with Crippen LogP contribution in [0.25, 0.3) is 6.08 Å². The maximum Gasteiger partial charge on any atom is 0.270 e. The molecule has 3 nitrogen and oxygen atoms in total. The summed E-state index contributed by atoms with van der Waals surface area (Å²) < 4.78 is 6.10. The number of rotatable bonds is 3. The summed E-state index contributed by atoms with van der Waals surface area (Å²) in [4.78, 5) is 15.1. The van der Waals surface area contributed by atoms with Gasteiger partial charge < -0.3 is 4.42 Å². The molecule has 2 heterocycles. The van der Waals surface area contributed by atoms with Crippen molar-refractivity contribution in [2.24, 2.45) is 0 Å². The monoisotopic (exact) mass is 343 g/mol. The van der Waals surface area contributed by atoms with E-state index in [1.165, 1.54) is 11.8 Å². The number of carbonyl (C=O) groups is 1. The second kappa shape index (κ2) is 6.34. The Labute approximate surface area is 145 Å². The highest BCUT2D eigenvalue weighted by Crippen LogP contribution is 2.39. The third-order valence-corrected chi connectivity index (χ3v) is 5.06. The average Bonchev–Trinajstić information content (AvgIpc) is 3.04. The number of furan rings is 1. The molecule has 1 aliphatic rings. The van der Waals surface area contributed by atoms with Gasteiger partial charge in [-0.25, -0.2) is 0 Å². The fourth-order valence-corrected chi connectivity index (χ4v) is 3.90. The Morgan fingerprint density at radius 3 is 2.70 bits per heavy atom. The van der Waals surface area contributed by atoms with Crippen molar-refractivity contribution < 1.29 is 9.21 Å². The van der Waals surface area contributed by atoms with E-state index in [1.807, 2.05) is 44.2 Å². The fraction of sp³-hybridized carbons (Fsp3) is 0.222. The Hall–Kier alpha value is -1.85. The SMILES string of the molecule is CCc1cccc(C)c1N1C(=O)/C(=C/c2ccc(C)o2)SC1=S. The number of hydrogen-bond donors (Lipinski definition) is 0. The van der Waals surface area contributed by atoms with E-state index in [2.05, 4.69) is 6.92 Å². The first-order valence-electron chi connectivity index (χ1n) is 7.44. The largest absolute Gasteiger partial charge is 0.462 e. The highest BCUT2D eigenvalue weighted by atomic mass is 32.2.